The largest absolute Gasteiger partial charge is 0.461 e. The molecule has 0 radical (unpaired) electrons. The van der Waals surface area contributed by atoms with Crippen molar-refractivity contribution in [2.24, 2.45) is 0 Å². The molecule has 0 bridgehead atoms. The molecule has 0 aromatic carbocycles. The highest BCUT2D eigenvalue weighted by atomic mass is 79.9. The Morgan fingerprint density at radius 1 is 1.73 bits per heavy atom. The van der Waals surface area contributed by atoms with Crippen LogP contribution in [0.2, 0.25) is 0 Å². The molecule has 0 amide bonds. The molecule has 0 aliphatic carbocycles. The molecule has 1 heterocycles. The topological polar surface area (TPSA) is 26.3 Å². The molecule has 0 aliphatic heterocycles. The zero-order valence-electron chi connectivity index (χ0n) is 5.75. The van der Waals surface area contributed by atoms with Crippen molar-refractivity contribution in [2.75, 3.05) is 11.9 Å². The van der Waals surface area contributed by atoms with Crippen LogP contribution in [-0.2, 0) is 4.74 Å². The van der Waals surface area contributed by atoms with Crippen LogP contribution < -0.4 is 0 Å². The summed E-state index contributed by atoms with van der Waals surface area (Å²) in [6.07, 6.45) is 0. The number of alkyl halides is 1. The molecule has 2 nitrogen and oxygen atoms in total. The summed E-state index contributed by atoms with van der Waals surface area (Å²) in [6.45, 7) is 0.425. The van der Waals surface area contributed by atoms with E-state index in [-0.39, 0.29) is 5.97 Å². The van der Waals surface area contributed by atoms with Crippen LogP contribution in [-0.4, -0.2) is 17.9 Å². The highest BCUT2D eigenvalue weighted by Gasteiger charge is 2.05. The highest BCUT2D eigenvalue weighted by Crippen LogP contribution is 2.07. The van der Waals surface area contributed by atoms with Crippen LogP contribution in [0.3, 0.4) is 0 Å². The van der Waals surface area contributed by atoms with E-state index >= 15 is 0 Å². The van der Waals surface area contributed by atoms with Gasteiger partial charge in [-0.3, -0.25) is 0 Å². The van der Waals surface area contributed by atoms with Crippen molar-refractivity contribution in [3.63, 3.8) is 0 Å². The summed E-state index contributed by atoms with van der Waals surface area (Å²) in [6, 6.07) is 1.75. The Hall–Kier alpha value is -0.350. The Labute approximate surface area is 77.3 Å². The molecule has 0 atom stereocenters. The Morgan fingerprint density at radius 2 is 2.55 bits per heavy atom. The average molecular weight is 235 g/mol. The summed E-state index contributed by atoms with van der Waals surface area (Å²) < 4.78 is 4.86. The molecule has 0 saturated heterocycles. The minimum absolute atomic E-state index is 0.245. The number of carbonyl (C=O) groups excluding carboxylic acids is 1. The van der Waals surface area contributed by atoms with E-state index in [1.807, 2.05) is 5.38 Å². The van der Waals surface area contributed by atoms with E-state index in [4.69, 9.17) is 4.74 Å². The predicted molar refractivity (Wildman–Crippen MR) is 48.4 cm³/mol. The number of rotatable bonds is 3. The van der Waals surface area contributed by atoms with Crippen LogP contribution in [0.5, 0.6) is 0 Å². The molecule has 0 aliphatic rings. The molecule has 0 N–H and O–H groups in total. The molecule has 0 spiro atoms. The highest BCUT2D eigenvalue weighted by molar-refractivity contribution is 9.09. The second kappa shape index (κ2) is 4.51. The van der Waals surface area contributed by atoms with Gasteiger partial charge >= 0.3 is 5.97 Å². The fourth-order valence-corrected chi connectivity index (χ4v) is 1.38. The molecule has 0 fully saturated rings. The van der Waals surface area contributed by atoms with Crippen molar-refractivity contribution in [2.45, 2.75) is 0 Å². The van der Waals surface area contributed by atoms with E-state index < -0.39 is 0 Å². The summed E-state index contributed by atoms with van der Waals surface area (Å²) in [5.41, 5.74) is 0.635. The normalized spacial score (nSPS) is 9.55. The monoisotopic (exact) mass is 234 g/mol. The predicted octanol–water partition coefficient (Wildman–Crippen LogP) is 2.30. The van der Waals surface area contributed by atoms with E-state index in [2.05, 4.69) is 15.9 Å². The van der Waals surface area contributed by atoms with E-state index in [1.165, 1.54) is 11.3 Å². The summed E-state index contributed by atoms with van der Waals surface area (Å²) in [7, 11) is 0. The van der Waals surface area contributed by atoms with Gasteiger partial charge in [0.2, 0.25) is 0 Å². The van der Waals surface area contributed by atoms with Gasteiger partial charge < -0.3 is 4.74 Å². The summed E-state index contributed by atoms with van der Waals surface area (Å²) in [4.78, 5) is 11.0. The number of thiophene rings is 1. The standard InChI is InChI=1S/C7H7BrO2S/c8-2-3-10-7(9)6-1-4-11-5-6/h1,4-5H,2-3H2. The minimum atomic E-state index is -0.245. The Balaban J connectivity index is 2.43. The molecular formula is C7H7BrO2S. The van der Waals surface area contributed by atoms with Gasteiger partial charge in [0, 0.05) is 10.7 Å². The van der Waals surface area contributed by atoms with Crippen LogP contribution in [0, 0.1) is 0 Å². The maximum absolute atomic E-state index is 11.0. The number of hydrogen-bond acceptors (Lipinski definition) is 3. The van der Waals surface area contributed by atoms with Crippen LogP contribution in [0.15, 0.2) is 16.8 Å². The average Bonchev–Trinajstić information content (AvgIpc) is 2.52. The second-order valence-corrected chi connectivity index (χ2v) is 3.41. The van der Waals surface area contributed by atoms with Gasteiger partial charge in [-0.1, -0.05) is 15.9 Å². The lowest BCUT2D eigenvalue weighted by Gasteiger charge is -1.98. The van der Waals surface area contributed by atoms with Crippen LogP contribution in [0.1, 0.15) is 10.4 Å². The van der Waals surface area contributed by atoms with Crippen molar-refractivity contribution >= 4 is 33.2 Å². The van der Waals surface area contributed by atoms with Crippen molar-refractivity contribution in [1.82, 2.24) is 0 Å². The molecular weight excluding hydrogens is 228 g/mol. The van der Waals surface area contributed by atoms with Crippen LogP contribution in [0.4, 0.5) is 0 Å². The molecule has 11 heavy (non-hydrogen) atoms. The molecule has 0 unspecified atom stereocenters. The quantitative estimate of drug-likeness (QED) is 0.593. The number of hydrogen-bond donors (Lipinski definition) is 0. The summed E-state index contributed by atoms with van der Waals surface area (Å²) in [5, 5.41) is 4.31. The minimum Gasteiger partial charge on any atom is -0.461 e. The number of halogens is 1. The summed E-state index contributed by atoms with van der Waals surface area (Å²) in [5.74, 6) is -0.245. The molecule has 4 heteroatoms. The van der Waals surface area contributed by atoms with Crippen molar-refractivity contribution in [3.8, 4) is 0 Å². The third kappa shape index (κ3) is 2.63. The lowest BCUT2D eigenvalue weighted by molar-refractivity contribution is 0.0532. The Kier molecular flexibility index (Phi) is 3.59. The van der Waals surface area contributed by atoms with Gasteiger partial charge in [-0.15, -0.1) is 0 Å². The van der Waals surface area contributed by atoms with E-state index in [1.54, 1.807) is 11.4 Å². The SMILES string of the molecule is O=C(OCCBr)c1ccsc1. The maximum Gasteiger partial charge on any atom is 0.338 e. The molecule has 1 aromatic rings. The zero-order chi connectivity index (χ0) is 8.10. The first-order chi connectivity index (χ1) is 5.34. The molecule has 1 aromatic heterocycles. The van der Waals surface area contributed by atoms with Gasteiger partial charge in [0.05, 0.1) is 5.56 Å². The van der Waals surface area contributed by atoms with Crippen molar-refractivity contribution in [3.05, 3.63) is 22.4 Å². The van der Waals surface area contributed by atoms with Gasteiger partial charge in [0.1, 0.15) is 6.61 Å². The summed E-state index contributed by atoms with van der Waals surface area (Å²) >= 11 is 4.66. The van der Waals surface area contributed by atoms with Crippen molar-refractivity contribution in [1.29, 1.82) is 0 Å². The second-order valence-electron chi connectivity index (χ2n) is 1.84. The van der Waals surface area contributed by atoms with E-state index in [0.717, 1.165) is 0 Å². The van der Waals surface area contributed by atoms with Gasteiger partial charge in [-0.25, -0.2) is 4.79 Å². The molecule has 60 valence electrons. The molecule has 0 saturated carbocycles. The van der Waals surface area contributed by atoms with Gasteiger partial charge in [0.25, 0.3) is 0 Å². The van der Waals surface area contributed by atoms with Gasteiger partial charge in [0.15, 0.2) is 0 Å². The zero-order valence-corrected chi connectivity index (χ0v) is 8.15. The lowest BCUT2D eigenvalue weighted by Crippen LogP contribution is -2.05. The Morgan fingerprint density at radius 3 is 3.09 bits per heavy atom. The third-order valence-corrected chi connectivity index (χ3v) is 2.07. The fraction of sp³-hybridized carbons (Fsp3) is 0.286. The van der Waals surface area contributed by atoms with Crippen molar-refractivity contribution < 1.29 is 9.53 Å². The first kappa shape index (κ1) is 8.74. The van der Waals surface area contributed by atoms with E-state index in [0.29, 0.717) is 17.5 Å². The first-order valence-electron chi connectivity index (χ1n) is 3.10. The van der Waals surface area contributed by atoms with Gasteiger partial charge in [-0.05, 0) is 11.4 Å². The number of esters is 1. The lowest BCUT2D eigenvalue weighted by atomic mass is 10.3. The number of carbonyl (C=O) groups is 1. The van der Waals surface area contributed by atoms with Gasteiger partial charge in [-0.2, -0.15) is 11.3 Å². The fourth-order valence-electron chi connectivity index (χ4n) is 0.595. The first-order valence-corrected chi connectivity index (χ1v) is 5.16. The molecule has 1 rings (SSSR count). The third-order valence-electron chi connectivity index (χ3n) is 1.07. The van der Waals surface area contributed by atoms with Crippen LogP contribution >= 0.6 is 27.3 Å². The number of ether oxygens (including phenoxy) is 1. The Bertz CT molecular complexity index is 220. The smallest absolute Gasteiger partial charge is 0.338 e. The maximum atomic E-state index is 11.0. The van der Waals surface area contributed by atoms with Crippen LogP contribution in [0.25, 0.3) is 0 Å². The van der Waals surface area contributed by atoms with E-state index in [9.17, 15) is 4.79 Å².